The van der Waals surface area contributed by atoms with Crippen molar-refractivity contribution in [2.24, 2.45) is 0 Å². The number of aromatic amines is 1. The van der Waals surface area contributed by atoms with Gasteiger partial charge in [0, 0.05) is 6.54 Å². The molecule has 0 fully saturated rings. The summed E-state index contributed by atoms with van der Waals surface area (Å²) < 4.78 is 0. The Kier molecular flexibility index (Phi) is 5.28. The van der Waals surface area contributed by atoms with Crippen molar-refractivity contribution in [3.05, 3.63) is 66.0 Å². The van der Waals surface area contributed by atoms with Crippen molar-refractivity contribution in [1.29, 1.82) is 0 Å². The van der Waals surface area contributed by atoms with Crippen LogP contribution in [0.25, 0.3) is 11.1 Å². The van der Waals surface area contributed by atoms with Crippen molar-refractivity contribution in [2.45, 2.75) is 18.6 Å². The van der Waals surface area contributed by atoms with Crippen LogP contribution in [0.5, 0.6) is 0 Å². The summed E-state index contributed by atoms with van der Waals surface area (Å²) >= 11 is 1.33. The smallest absolute Gasteiger partial charge is 0.230 e. The molecule has 2 N–H and O–H groups in total. The lowest BCUT2D eigenvalue weighted by atomic mass is 10.0. The molecule has 0 spiro atoms. The van der Waals surface area contributed by atoms with E-state index in [-0.39, 0.29) is 5.91 Å². The van der Waals surface area contributed by atoms with Gasteiger partial charge in [-0.15, -0.1) is 0 Å². The average Bonchev–Trinajstić information content (AvgIpc) is 3.12. The van der Waals surface area contributed by atoms with E-state index < -0.39 is 0 Å². The van der Waals surface area contributed by atoms with Crippen LogP contribution in [0, 0.1) is 6.92 Å². The van der Waals surface area contributed by atoms with Gasteiger partial charge in [0.15, 0.2) is 5.16 Å². The Morgan fingerprint density at radius 3 is 2.71 bits per heavy atom. The normalized spacial score (nSPS) is 10.5. The number of nitrogens with one attached hydrogen (secondary N) is 2. The largest absolute Gasteiger partial charge is 0.351 e. The lowest BCUT2D eigenvalue weighted by Gasteiger charge is -2.08. The molecule has 1 aromatic heterocycles. The average molecular weight is 338 g/mol. The molecule has 0 unspecified atom stereocenters. The van der Waals surface area contributed by atoms with E-state index in [1.165, 1.54) is 29.2 Å². The highest BCUT2D eigenvalue weighted by atomic mass is 32.2. The minimum absolute atomic E-state index is 0.0302. The van der Waals surface area contributed by atoms with Gasteiger partial charge in [0.1, 0.15) is 6.33 Å². The fourth-order valence-electron chi connectivity index (χ4n) is 2.33. The number of carbonyl (C=O) groups is 1. The molecule has 1 heterocycles. The summed E-state index contributed by atoms with van der Waals surface area (Å²) in [7, 11) is 0. The molecule has 1 amide bonds. The molecule has 2 aromatic carbocycles. The lowest BCUT2D eigenvalue weighted by molar-refractivity contribution is -0.118. The maximum absolute atomic E-state index is 11.9. The Morgan fingerprint density at radius 1 is 1.17 bits per heavy atom. The number of hydrogen-bond donors (Lipinski definition) is 2. The van der Waals surface area contributed by atoms with Crippen molar-refractivity contribution < 1.29 is 4.79 Å². The van der Waals surface area contributed by atoms with Gasteiger partial charge in [-0.1, -0.05) is 59.8 Å². The van der Waals surface area contributed by atoms with Crippen LogP contribution >= 0.6 is 11.8 Å². The lowest BCUT2D eigenvalue weighted by Crippen LogP contribution is -2.24. The van der Waals surface area contributed by atoms with E-state index in [0.717, 1.165) is 11.1 Å². The minimum Gasteiger partial charge on any atom is -0.351 e. The van der Waals surface area contributed by atoms with E-state index in [1.807, 2.05) is 12.1 Å². The molecule has 0 saturated carbocycles. The third-order valence-electron chi connectivity index (χ3n) is 3.50. The zero-order valence-corrected chi connectivity index (χ0v) is 14.1. The summed E-state index contributed by atoms with van der Waals surface area (Å²) in [6.07, 6.45) is 1.43. The first kappa shape index (κ1) is 16.3. The number of rotatable bonds is 6. The van der Waals surface area contributed by atoms with Crippen LogP contribution in [0.1, 0.15) is 11.1 Å². The fraction of sp³-hybridized carbons (Fsp3) is 0.167. The molecule has 122 valence electrons. The summed E-state index contributed by atoms with van der Waals surface area (Å²) in [5.74, 6) is 0.282. The van der Waals surface area contributed by atoms with E-state index >= 15 is 0 Å². The zero-order valence-electron chi connectivity index (χ0n) is 13.3. The van der Waals surface area contributed by atoms with Gasteiger partial charge in [0.25, 0.3) is 0 Å². The van der Waals surface area contributed by atoms with Gasteiger partial charge in [-0.3, -0.25) is 9.89 Å². The highest BCUT2D eigenvalue weighted by Gasteiger charge is 2.05. The quantitative estimate of drug-likeness (QED) is 0.677. The molecule has 0 aliphatic carbocycles. The third kappa shape index (κ3) is 4.45. The minimum atomic E-state index is -0.0302. The second kappa shape index (κ2) is 7.79. The summed E-state index contributed by atoms with van der Waals surface area (Å²) in [6.45, 7) is 2.59. The van der Waals surface area contributed by atoms with Gasteiger partial charge in [0.2, 0.25) is 5.91 Å². The SMILES string of the molecule is Cc1cccc(-c2cccc(CNC(=O)CSc3ncn[nH]3)c2)c1. The number of thioether (sulfide) groups is 1. The number of aryl methyl sites for hydroxylation is 1. The first-order valence-electron chi connectivity index (χ1n) is 7.61. The van der Waals surface area contributed by atoms with Gasteiger partial charge in [-0.2, -0.15) is 5.10 Å². The number of benzene rings is 2. The van der Waals surface area contributed by atoms with Crippen LogP contribution in [-0.4, -0.2) is 26.8 Å². The van der Waals surface area contributed by atoms with Crippen LogP contribution in [0.15, 0.2) is 60.0 Å². The van der Waals surface area contributed by atoms with Crippen molar-refractivity contribution in [3.63, 3.8) is 0 Å². The van der Waals surface area contributed by atoms with Crippen LogP contribution < -0.4 is 5.32 Å². The Bertz CT molecular complexity index is 817. The molecule has 3 rings (SSSR count). The Labute approximate surface area is 144 Å². The number of H-pyrrole nitrogens is 1. The molecule has 24 heavy (non-hydrogen) atoms. The second-order valence-electron chi connectivity index (χ2n) is 5.43. The molecular formula is C18H18N4OS. The standard InChI is InChI=1S/C18H18N4OS/c1-13-4-2-6-15(8-13)16-7-3-5-14(9-16)10-19-17(23)11-24-18-20-12-21-22-18/h2-9,12H,10-11H2,1H3,(H,19,23)(H,20,21,22). The predicted molar refractivity (Wildman–Crippen MR) is 95.6 cm³/mol. The first-order valence-corrected chi connectivity index (χ1v) is 8.60. The number of aromatic nitrogens is 3. The monoisotopic (exact) mass is 338 g/mol. The van der Waals surface area contributed by atoms with Crippen LogP contribution in [0.4, 0.5) is 0 Å². The maximum atomic E-state index is 11.9. The van der Waals surface area contributed by atoms with E-state index in [2.05, 4.69) is 63.8 Å². The van der Waals surface area contributed by atoms with E-state index in [1.54, 1.807) is 0 Å². The molecular weight excluding hydrogens is 320 g/mol. The Morgan fingerprint density at radius 2 is 1.96 bits per heavy atom. The summed E-state index contributed by atoms with van der Waals surface area (Å²) in [5.41, 5.74) is 4.65. The first-order chi connectivity index (χ1) is 11.7. The number of hydrogen-bond acceptors (Lipinski definition) is 4. The molecule has 6 heteroatoms. The maximum Gasteiger partial charge on any atom is 0.230 e. The topological polar surface area (TPSA) is 70.7 Å². The van der Waals surface area contributed by atoms with Gasteiger partial charge in [0.05, 0.1) is 5.75 Å². The molecule has 0 aliphatic heterocycles. The summed E-state index contributed by atoms with van der Waals surface area (Å²) in [4.78, 5) is 15.9. The number of amides is 1. The van der Waals surface area contributed by atoms with Crippen molar-refractivity contribution in [3.8, 4) is 11.1 Å². The van der Waals surface area contributed by atoms with E-state index in [9.17, 15) is 4.79 Å². The molecule has 0 aliphatic rings. The Balaban J connectivity index is 1.57. The molecule has 0 atom stereocenters. The molecule has 0 bridgehead atoms. The van der Waals surface area contributed by atoms with Gasteiger partial charge in [-0.05, 0) is 29.7 Å². The van der Waals surface area contributed by atoms with Gasteiger partial charge < -0.3 is 5.32 Å². The summed E-state index contributed by atoms with van der Waals surface area (Å²) in [5, 5.41) is 10.0. The van der Waals surface area contributed by atoms with Crippen molar-refractivity contribution >= 4 is 17.7 Å². The second-order valence-corrected chi connectivity index (χ2v) is 6.39. The third-order valence-corrected chi connectivity index (χ3v) is 4.38. The highest BCUT2D eigenvalue weighted by Crippen LogP contribution is 2.21. The predicted octanol–water partition coefficient (Wildman–Crippen LogP) is 3.19. The van der Waals surface area contributed by atoms with E-state index in [4.69, 9.17) is 0 Å². The van der Waals surface area contributed by atoms with E-state index in [0.29, 0.717) is 17.5 Å². The Hall–Kier alpha value is -2.60. The van der Waals surface area contributed by atoms with Crippen LogP contribution in [0.2, 0.25) is 0 Å². The van der Waals surface area contributed by atoms with Crippen molar-refractivity contribution in [2.75, 3.05) is 5.75 Å². The highest BCUT2D eigenvalue weighted by molar-refractivity contribution is 7.99. The number of nitrogens with zero attached hydrogens (tertiary/aromatic N) is 2. The zero-order chi connectivity index (χ0) is 16.8. The molecule has 0 radical (unpaired) electrons. The molecule has 3 aromatic rings. The van der Waals surface area contributed by atoms with Crippen molar-refractivity contribution in [1.82, 2.24) is 20.5 Å². The van der Waals surface area contributed by atoms with Crippen LogP contribution in [0.3, 0.4) is 0 Å². The van der Waals surface area contributed by atoms with Gasteiger partial charge in [-0.25, -0.2) is 4.98 Å². The fourth-order valence-corrected chi connectivity index (χ4v) is 2.94. The van der Waals surface area contributed by atoms with Crippen LogP contribution in [-0.2, 0) is 11.3 Å². The summed E-state index contributed by atoms with van der Waals surface area (Å²) in [6, 6.07) is 16.6. The molecule has 5 nitrogen and oxygen atoms in total. The number of carbonyl (C=O) groups excluding carboxylic acids is 1. The molecule has 0 saturated heterocycles. The van der Waals surface area contributed by atoms with Gasteiger partial charge >= 0.3 is 0 Å².